The minimum atomic E-state index is -0.0261. The summed E-state index contributed by atoms with van der Waals surface area (Å²) >= 11 is 1.37. The summed E-state index contributed by atoms with van der Waals surface area (Å²) in [5.41, 5.74) is 2.49. The van der Waals surface area contributed by atoms with Gasteiger partial charge in [-0.1, -0.05) is 0 Å². The molecule has 86 valence electrons. The smallest absolute Gasteiger partial charge is 0.262 e. The Morgan fingerprint density at radius 1 is 1.50 bits per heavy atom. The predicted molar refractivity (Wildman–Crippen MR) is 59.2 cm³/mol. The quantitative estimate of drug-likeness (QED) is 0.882. The van der Waals surface area contributed by atoms with Crippen LogP contribution in [0.3, 0.4) is 0 Å². The lowest BCUT2D eigenvalue weighted by Gasteiger charge is -2.00. The number of hydrogen-bond acceptors (Lipinski definition) is 5. The second-order valence-electron chi connectivity index (χ2n) is 3.51. The zero-order chi connectivity index (χ0) is 11.7. The van der Waals surface area contributed by atoms with Crippen LogP contribution in [0.5, 0.6) is 0 Å². The van der Waals surface area contributed by atoms with Gasteiger partial charge in [0, 0.05) is 12.6 Å². The Morgan fingerprint density at radius 2 is 2.25 bits per heavy atom. The molecule has 2 heterocycles. The fourth-order valence-corrected chi connectivity index (χ4v) is 2.41. The molecule has 2 aromatic heterocycles. The van der Waals surface area contributed by atoms with Gasteiger partial charge >= 0.3 is 0 Å². The third-order valence-corrected chi connectivity index (χ3v) is 3.29. The molecule has 0 saturated heterocycles. The number of aryl methyl sites for hydroxylation is 3. The van der Waals surface area contributed by atoms with Crippen LogP contribution in [0.25, 0.3) is 0 Å². The van der Waals surface area contributed by atoms with E-state index in [0.29, 0.717) is 5.22 Å². The van der Waals surface area contributed by atoms with Crippen molar-refractivity contribution in [1.29, 1.82) is 0 Å². The molecule has 0 radical (unpaired) electrons. The van der Waals surface area contributed by atoms with Gasteiger partial charge in [0.2, 0.25) is 0 Å². The van der Waals surface area contributed by atoms with Crippen molar-refractivity contribution in [3.63, 3.8) is 0 Å². The van der Waals surface area contributed by atoms with E-state index in [1.165, 1.54) is 11.8 Å². The highest BCUT2D eigenvalue weighted by Gasteiger charge is 2.15. The lowest BCUT2D eigenvalue weighted by atomic mass is 10.3. The molecule has 0 bridgehead atoms. The van der Waals surface area contributed by atoms with E-state index < -0.39 is 0 Å². The lowest BCUT2D eigenvalue weighted by molar-refractivity contribution is 0.277. The summed E-state index contributed by atoms with van der Waals surface area (Å²) in [7, 11) is 1.84. The Kier molecular flexibility index (Phi) is 3.02. The Morgan fingerprint density at radius 3 is 2.81 bits per heavy atom. The van der Waals surface area contributed by atoms with Crippen LogP contribution in [0.4, 0.5) is 0 Å². The summed E-state index contributed by atoms with van der Waals surface area (Å²) in [6.45, 7) is 3.72. The number of aromatic nitrogens is 3. The van der Waals surface area contributed by atoms with Gasteiger partial charge in [0.25, 0.3) is 5.22 Å². The van der Waals surface area contributed by atoms with Gasteiger partial charge in [0.15, 0.2) is 0 Å². The normalized spacial score (nSPS) is 11.0. The Labute approximate surface area is 97.5 Å². The third kappa shape index (κ3) is 1.98. The first-order valence-electron chi connectivity index (χ1n) is 4.85. The standard InChI is InChI=1S/C10H13N3O2S/c1-6-5-15-10(11-6)16-9-8(4-14)7(2)12-13(9)3/h5,14H,4H2,1-3H3. The zero-order valence-corrected chi connectivity index (χ0v) is 10.2. The molecule has 0 aliphatic rings. The fraction of sp³-hybridized carbons (Fsp3) is 0.400. The number of hydrogen-bond donors (Lipinski definition) is 1. The molecule has 0 aliphatic carbocycles. The van der Waals surface area contributed by atoms with Gasteiger partial charge in [0.1, 0.15) is 11.3 Å². The van der Waals surface area contributed by atoms with Crippen molar-refractivity contribution in [3.05, 3.63) is 23.2 Å². The van der Waals surface area contributed by atoms with Crippen molar-refractivity contribution in [1.82, 2.24) is 14.8 Å². The molecule has 16 heavy (non-hydrogen) atoms. The van der Waals surface area contributed by atoms with E-state index in [-0.39, 0.29) is 6.61 Å². The molecule has 0 amide bonds. The molecule has 2 aromatic rings. The van der Waals surface area contributed by atoms with Gasteiger partial charge in [-0.25, -0.2) is 4.98 Å². The topological polar surface area (TPSA) is 64.1 Å². The molecule has 0 fully saturated rings. The van der Waals surface area contributed by atoms with E-state index in [1.54, 1.807) is 10.9 Å². The number of aliphatic hydroxyl groups excluding tert-OH is 1. The maximum absolute atomic E-state index is 9.28. The first-order valence-corrected chi connectivity index (χ1v) is 5.66. The van der Waals surface area contributed by atoms with Crippen molar-refractivity contribution in [2.45, 2.75) is 30.7 Å². The molecule has 1 N–H and O–H groups in total. The van der Waals surface area contributed by atoms with Crippen molar-refractivity contribution in [2.24, 2.45) is 7.05 Å². The molecule has 6 heteroatoms. The maximum Gasteiger partial charge on any atom is 0.262 e. The van der Waals surface area contributed by atoms with Gasteiger partial charge in [-0.3, -0.25) is 4.68 Å². The van der Waals surface area contributed by atoms with Crippen molar-refractivity contribution in [3.8, 4) is 0 Å². The fourth-order valence-electron chi connectivity index (χ4n) is 1.45. The monoisotopic (exact) mass is 239 g/mol. The maximum atomic E-state index is 9.28. The third-order valence-electron chi connectivity index (χ3n) is 2.23. The van der Waals surface area contributed by atoms with E-state index >= 15 is 0 Å². The first-order chi connectivity index (χ1) is 7.61. The summed E-state index contributed by atoms with van der Waals surface area (Å²) in [6.07, 6.45) is 1.60. The molecule has 0 atom stereocenters. The minimum Gasteiger partial charge on any atom is -0.439 e. The van der Waals surface area contributed by atoms with Gasteiger partial charge in [-0.05, 0) is 25.6 Å². The van der Waals surface area contributed by atoms with Crippen LogP contribution in [-0.4, -0.2) is 19.9 Å². The largest absolute Gasteiger partial charge is 0.439 e. The van der Waals surface area contributed by atoms with Crippen LogP contribution in [0.1, 0.15) is 17.0 Å². The molecular weight excluding hydrogens is 226 g/mol. The predicted octanol–water partition coefficient (Wildman–Crippen LogP) is 1.67. The second-order valence-corrected chi connectivity index (χ2v) is 4.45. The average Bonchev–Trinajstić information content (AvgIpc) is 2.73. The highest BCUT2D eigenvalue weighted by atomic mass is 32.2. The first kappa shape index (κ1) is 11.2. The summed E-state index contributed by atoms with van der Waals surface area (Å²) in [5.74, 6) is 0. The number of aliphatic hydroxyl groups is 1. The molecule has 0 unspecified atom stereocenters. The number of rotatable bonds is 3. The SMILES string of the molecule is Cc1coc(Sc2c(CO)c(C)nn2C)n1. The molecular formula is C10H13N3O2S. The summed E-state index contributed by atoms with van der Waals surface area (Å²) in [4.78, 5) is 4.21. The Balaban J connectivity index is 2.33. The molecule has 0 aliphatic heterocycles. The van der Waals surface area contributed by atoms with E-state index in [4.69, 9.17) is 4.42 Å². The minimum absolute atomic E-state index is 0.0261. The van der Waals surface area contributed by atoms with E-state index in [0.717, 1.165) is 22.0 Å². The zero-order valence-electron chi connectivity index (χ0n) is 9.39. The van der Waals surface area contributed by atoms with E-state index in [1.807, 2.05) is 20.9 Å². The molecule has 0 spiro atoms. The highest BCUT2D eigenvalue weighted by molar-refractivity contribution is 7.99. The number of oxazole rings is 1. The van der Waals surface area contributed by atoms with Crippen molar-refractivity contribution >= 4 is 11.8 Å². The van der Waals surface area contributed by atoms with Crippen LogP contribution >= 0.6 is 11.8 Å². The van der Waals surface area contributed by atoms with E-state index in [2.05, 4.69) is 10.1 Å². The molecule has 2 rings (SSSR count). The Bertz CT molecular complexity index is 504. The van der Waals surface area contributed by atoms with Gasteiger partial charge in [-0.2, -0.15) is 5.10 Å². The lowest BCUT2D eigenvalue weighted by Crippen LogP contribution is -1.93. The average molecular weight is 239 g/mol. The summed E-state index contributed by atoms with van der Waals surface area (Å²) in [6, 6.07) is 0. The van der Waals surface area contributed by atoms with Crippen LogP contribution in [-0.2, 0) is 13.7 Å². The number of nitrogens with zero attached hydrogens (tertiary/aromatic N) is 3. The van der Waals surface area contributed by atoms with Gasteiger partial charge in [-0.15, -0.1) is 0 Å². The summed E-state index contributed by atoms with van der Waals surface area (Å²) in [5, 5.41) is 15.0. The van der Waals surface area contributed by atoms with Crippen molar-refractivity contribution < 1.29 is 9.52 Å². The van der Waals surface area contributed by atoms with E-state index in [9.17, 15) is 5.11 Å². The molecule has 5 nitrogen and oxygen atoms in total. The van der Waals surface area contributed by atoms with Gasteiger partial charge in [0.05, 0.1) is 18.0 Å². The summed E-state index contributed by atoms with van der Waals surface area (Å²) < 4.78 is 6.99. The molecule has 0 aromatic carbocycles. The second kappa shape index (κ2) is 4.31. The van der Waals surface area contributed by atoms with Gasteiger partial charge < -0.3 is 9.52 Å². The van der Waals surface area contributed by atoms with Crippen LogP contribution in [0.2, 0.25) is 0 Å². The van der Waals surface area contributed by atoms with Crippen LogP contribution in [0.15, 0.2) is 20.9 Å². The van der Waals surface area contributed by atoms with Crippen LogP contribution < -0.4 is 0 Å². The highest BCUT2D eigenvalue weighted by Crippen LogP contribution is 2.30. The van der Waals surface area contributed by atoms with Crippen molar-refractivity contribution in [2.75, 3.05) is 0 Å². The Hall–Kier alpha value is -1.27. The molecule has 0 saturated carbocycles. The van der Waals surface area contributed by atoms with Crippen LogP contribution in [0, 0.1) is 13.8 Å².